The molecule has 8 nitrogen and oxygen atoms in total. The third-order valence-electron chi connectivity index (χ3n) is 5.25. The Morgan fingerprint density at radius 1 is 1.09 bits per heavy atom. The van der Waals surface area contributed by atoms with E-state index in [4.69, 9.17) is 9.73 Å². The standard InChI is InChI=1S/C25H24N4O4/c1-28(2)15-16-4-8-18(9-5-16)26-24(17-6-11-20(33-3)12-7-17)23-21-14-19(29(31)32)10-13-22(21)27-25(23)30/h4-14,27,30H,15H2,1-3H3. The third kappa shape index (κ3) is 4.70. The van der Waals surface area contributed by atoms with E-state index in [1.165, 1.54) is 12.1 Å². The number of H-pyrrole nitrogens is 1. The fourth-order valence-electron chi connectivity index (χ4n) is 3.70. The molecule has 4 rings (SSSR count). The quantitative estimate of drug-likeness (QED) is 0.237. The summed E-state index contributed by atoms with van der Waals surface area (Å²) < 4.78 is 5.26. The van der Waals surface area contributed by atoms with Gasteiger partial charge in [-0.1, -0.05) is 12.1 Å². The minimum Gasteiger partial charge on any atom is -0.497 e. The van der Waals surface area contributed by atoms with Crippen molar-refractivity contribution in [1.29, 1.82) is 0 Å². The molecule has 0 atom stereocenters. The summed E-state index contributed by atoms with van der Waals surface area (Å²) in [6.07, 6.45) is 0. The number of nitro groups is 1. The zero-order chi connectivity index (χ0) is 23.5. The maximum absolute atomic E-state index is 11.4. The number of aromatic hydroxyl groups is 1. The first-order valence-electron chi connectivity index (χ1n) is 10.3. The summed E-state index contributed by atoms with van der Waals surface area (Å²) in [4.78, 5) is 20.7. The maximum atomic E-state index is 11.4. The van der Waals surface area contributed by atoms with E-state index in [-0.39, 0.29) is 11.6 Å². The molecule has 0 aliphatic heterocycles. The molecule has 0 spiro atoms. The van der Waals surface area contributed by atoms with Crippen molar-refractivity contribution in [2.75, 3.05) is 21.2 Å². The second-order valence-electron chi connectivity index (χ2n) is 7.93. The van der Waals surface area contributed by atoms with Crippen LogP contribution in [-0.2, 0) is 6.54 Å². The first-order chi connectivity index (χ1) is 15.9. The molecule has 0 saturated heterocycles. The SMILES string of the molecule is COc1ccc(C(=Nc2ccc(CN(C)C)cc2)c2c(O)[nH]c3ccc([N+](=O)[O-])cc23)cc1. The highest BCUT2D eigenvalue weighted by Gasteiger charge is 2.21. The van der Waals surface area contributed by atoms with Crippen molar-refractivity contribution in [2.24, 2.45) is 4.99 Å². The molecule has 0 amide bonds. The van der Waals surface area contributed by atoms with Gasteiger partial charge in [-0.15, -0.1) is 0 Å². The van der Waals surface area contributed by atoms with Gasteiger partial charge in [-0.3, -0.25) is 10.1 Å². The lowest BCUT2D eigenvalue weighted by molar-refractivity contribution is -0.384. The van der Waals surface area contributed by atoms with Crippen LogP contribution in [0.25, 0.3) is 10.9 Å². The molecule has 0 bridgehead atoms. The van der Waals surface area contributed by atoms with Crippen molar-refractivity contribution in [3.05, 3.63) is 93.5 Å². The Balaban J connectivity index is 1.89. The number of fused-ring (bicyclic) bond motifs is 1. The number of rotatable bonds is 7. The first kappa shape index (κ1) is 22.0. The molecule has 1 heterocycles. The van der Waals surface area contributed by atoms with Crippen LogP contribution in [0.4, 0.5) is 11.4 Å². The van der Waals surface area contributed by atoms with Crippen molar-refractivity contribution >= 4 is 28.0 Å². The summed E-state index contributed by atoms with van der Waals surface area (Å²) in [5.41, 5.74) is 3.98. The number of methoxy groups -OCH3 is 1. The number of nitrogens with zero attached hydrogens (tertiary/aromatic N) is 3. The second kappa shape index (κ2) is 9.13. The van der Waals surface area contributed by atoms with Crippen LogP contribution in [-0.4, -0.2) is 46.8 Å². The van der Waals surface area contributed by atoms with Gasteiger partial charge in [0, 0.05) is 35.1 Å². The summed E-state index contributed by atoms with van der Waals surface area (Å²) in [6.45, 7) is 0.808. The minimum absolute atomic E-state index is 0.0649. The van der Waals surface area contributed by atoms with Gasteiger partial charge >= 0.3 is 0 Å². The number of benzene rings is 3. The van der Waals surface area contributed by atoms with Gasteiger partial charge in [0.2, 0.25) is 0 Å². The average Bonchev–Trinajstić information content (AvgIpc) is 3.13. The van der Waals surface area contributed by atoms with Gasteiger partial charge in [0.1, 0.15) is 5.75 Å². The summed E-state index contributed by atoms with van der Waals surface area (Å²) in [5.74, 6) is 0.578. The molecule has 2 N–H and O–H groups in total. The molecule has 4 aromatic rings. The van der Waals surface area contributed by atoms with Gasteiger partial charge in [-0.05, 0) is 62.1 Å². The molecule has 0 saturated carbocycles. The van der Waals surface area contributed by atoms with E-state index >= 15 is 0 Å². The van der Waals surface area contributed by atoms with Crippen LogP contribution in [0.1, 0.15) is 16.7 Å². The van der Waals surface area contributed by atoms with Crippen LogP contribution in [0.3, 0.4) is 0 Å². The van der Waals surface area contributed by atoms with Gasteiger partial charge in [0.25, 0.3) is 5.69 Å². The summed E-state index contributed by atoms with van der Waals surface area (Å²) >= 11 is 0. The maximum Gasteiger partial charge on any atom is 0.270 e. The Kier molecular flexibility index (Phi) is 6.10. The topological polar surface area (TPSA) is 104 Å². The van der Waals surface area contributed by atoms with E-state index in [9.17, 15) is 15.2 Å². The molecule has 1 aromatic heterocycles. The number of aliphatic imine (C=N–C) groups is 1. The van der Waals surface area contributed by atoms with Gasteiger partial charge in [0.15, 0.2) is 5.88 Å². The number of ether oxygens (including phenoxy) is 1. The molecule has 0 aliphatic rings. The van der Waals surface area contributed by atoms with Crippen LogP contribution >= 0.6 is 0 Å². The summed E-state index contributed by atoms with van der Waals surface area (Å²) in [6, 6.07) is 19.6. The number of non-ortho nitro benzene ring substituents is 1. The lowest BCUT2D eigenvalue weighted by atomic mass is 10.00. The van der Waals surface area contributed by atoms with Crippen molar-refractivity contribution in [2.45, 2.75) is 6.54 Å². The van der Waals surface area contributed by atoms with Crippen LogP contribution < -0.4 is 4.74 Å². The van der Waals surface area contributed by atoms with Crippen LogP contribution in [0.2, 0.25) is 0 Å². The average molecular weight is 444 g/mol. The minimum atomic E-state index is -0.457. The van der Waals surface area contributed by atoms with Crippen molar-refractivity contribution in [3.8, 4) is 11.6 Å². The number of hydrogen-bond acceptors (Lipinski definition) is 6. The van der Waals surface area contributed by atoms with Crippen molar-refractivity contribution in [1.82, 2.24) is 9.88 Å². The molecule has 0 unspecified atom stereocenters. The highest BCUT2D eigenvalue weighted by molar-refractivity contribution is 6.22. The molecular weight excluding hydrogens is 420 g/mol. The Labute approximate surface area is 190 Å². The number of nitro benzene ring substituents is 1. The summed E-state index contributed by atoms with van der Waals surface area (Å²) in [5, 5.41) is 22.7. The lowest BCUT2D eigenvalue weighted by Gasteiger charge is -2.11. The Morgan fingerprint density at radius 3 is 2.39 bits per heavy atom. The van der Waals surface area contributed by atoms with E-state index in [0.29, 0.717) is 33.6 Å². The van der Waals surface area contributed by atoms with E-state index in [1.807, 2.05) is 50.5 Å². The van der Waals surface area contributed by atoms with Gasteiger partial charge < -0.3 is 19.7 Å². The molecule has 0 fully saturated rings. The highest BCUT2D eigenvalue weighted by Crippen LogP contribution is 2.34. The predicted molar refractivity (Wildman–Crippen MR) is 129 cm³/mol. The first-order valence-corrected chi connectivity index (χ1v) is 10.3. The number of hydrogen-bond donors (Lipinski definition) is 2. The monoisotopic (exact) mass is 444 g/mol. The summed E-state index contributed by atoms with van der Waals surface area (Å²) in [7, 11) is 5.60. The largest absolute Gasteiger partial charge is 0.497 e. The van der Waals surface area contributed by atoms with E-state index in [2.05, 4.69) is 9.88 Å². The van der Waals surface area contributed by atoms with Gasteiger partial charge in [0.05, 0.1) is 29.0 Å². The second-order valence-corrected chi connectivity index (χ2v) is 7.93. The molecule has 0 aliphatic carbocycles. The molecule has 168 valence electrons. The van der Waals surface area contributed by atoms with E-state index in [1.54, 1.807) is 25.3 Å². The van der Waals surface area contributed by atoms with Gasteiger partial charge in [-0.25, -0.2) is 4.99 Å². The molecule has 33 heavy (non-hydrogen) atoms. The lowest BCUT2D eigenvalue weighted by Crippen LogP contribution is -2.10. The number of nitrogens with one attached hydrogen (secondary N) is 1. The molecule has 0 radical (unpaired) electrons. The van der Waals surface area contributed by atoms with Crippen LogP contribution in [0, 0.1) is 10.1 Å². The fraction of sp³-hybridized carbons (Fsp3) is 0.160. The normalized spacial score (nSPS) is 11.8. The Bertz CT molecular complexity index is 1320. The van der Waals surface area contributed by atoms with E-state index in [0.717, 1.165) is 17.7 Å². The number of aromatic amines is 1. The van der Waals surface area contributed by atoms with Crippen LogP contribution in [0.5, 0.6) is 11.6 Å². The third-order valence-corrected chi connectivity index (χ3v) is 5.25. The van der Waals surface area contributed by atoms with Gasteiger partial charge in [-0.2, -0.15) is 0 Å². The molecule has 8 heteroatoms. The Morgan fingerprint density at radius 2 is 1.79 bits per heavy atom. The molecule has 3 aromatic carbocycles. The smallest absolute Gasteiger partial charge is 0.270 e. The highest BCUT2D eigenvalue weighted by atomic mass is 16.6. The Hall–Kier alpha value is -4.17. The zero-order valence-electron chi connectivity index (χ0n) is 18.6. The molecular formula is C25H24N4O4. The predicted octanol–water partition coefficient (Wildman–Crippen LogP) is 5.02. The van der Waals surface area contributed by atoms with Crippen molar-refractivity contribution in [3.63, 3.8) is 0 Å². The van der Waals surface area contributed by atoms with Crippen molar-refractivity contribution < 1.29 is 14.8 Å². The fourth-order valence-corrected chi connectivity index (χ4v) is 3.70. The van der Waals surface area contributed by atoms with E-state index < -0.39 is 4.92 Å². The zero-order valence-corrected chi connectivity index (χ0v) is 18.6. The number of aromatic nitrogens is 1. The van der Waals surface area contributed by atoms with Crippen LogP contribution in [0.15, 0.2) is 71.7 Å².